The van der Waals surface area contributed by atoms with E-state index in [9.17, 15) is 19.7 Å². The van der Waals surface area contributed by atoms with E-state index >= 15 is 0 Å². The molecule has 8 nitrogen and oxygen atoms in total. The lowest BCUT2D eigenvalue weighted by Gasteiger charge is -2.07. The highest BCUT2D eigenvalue weighted by atomic mass is 35.5. The molecule has 0 atom stereocenters. The fourth-order valence-electron chi connectivity index (χ4n) is 1.12. The van der Waals surface area contributed by atoms with Gasteiger partial charge in [-0.15, -0.1) is 0 Å². The van der Waals surface area contributed by atoms with Gasteiger partial charge in [-0.25, -0.2) is 4.79 Å². The molecule has 0 aliphatic rings. The number of halogens is 1. The van der Waals surface area contributed by atoms with Crippen molar-refractivity contribution in [2.45, 2.75) is 0 Å². The first-order valence-electron chi connectivity index (χ1n) is 5.02. The van der Waals surface area contributed by atoms with Crippen LogP contribution in [0.4, 0.5) is 10.5 Å². The van der Waals surface area contributed by atoms with E-state index in [1.54, 1.807) is 0 Å². The highest BCUT2D eigenvalue weighted by Crippen LogP contribution is 2.29. The molecule has 0 bridgehead atoms. The van der Waals surface area contributed by atoms with Gasteiger partial charge in [-0.05, 0) is 12.1 Å². The topological polar surface area (TPSA) is 111 Å². The van der Waals surface area contributed by atoms with Crippen LogP contribution < -0.4 is 15.4 Å². The molecule has 9 heteroatoms. The molecule has 0 spiro atoms. The van der Waals surface area contributed by atoms with E-state index in [4.69, 9.17) is 16.3 Å². The number of nitrogens with zero attached hydrogens (tertiary/aromatic N) is 1. The summed E-state index contributed by atoms with van der Waals surface area (Å²) in [5.41, 5.74) is -0.361. The molecule has 3 amide bonds. The average molecular weight is 288 g/mol. The third kappa shape index (κ3) is 4.43. The number of rotatable bonds is 4. The van der Waals surface area contributed by atoms with Crippen LogP contribution in [-0.2, 0) is 4.79 Å². The fraction of sp³-hybridized carbons (Fsp3) is 0.200. The second-order valence-corrected chi connectivity index (χ2v) is 3.72. The summed E-state index contributed by atoms with van der Waals surface area (Å²) in [4.78, 5) is 32.1. The predicted octanol–water partition coefficient (Wildman–Crippen LogP) is 1.08. The average Bonchev–Trinajstić information content (AvgIpc) is 2.36. The minimum Gasteiger partial charge on any atom is -0.477 e. The Bertz CT molecular complexity index is 520. The maximum absolute atomic E-state index is 11.2. The van der Waals surface area contributed by atoms with Gasteiger partial charge in [-0.3, -0.25) is 20.2 Å². The molecular weight excluding hydrogens is 278 g/mol. The number of nitrogens with one attached hydrogen (secondary N) is 2. The molecule has 0 saturated carbocycles. The van der Waals surface area contributed by atoms with Crippen molar-refractivity contribution in [1.29, 1.82) is 0 Å². The van der Waals surface area contributed by atoms with Gasteiger partial charge in [-0.2, -0.15) is 0 Å². The summed E-state index contributed by atoms with van der Waals surface area (Å²) < 4.78 is 4.97. The summed E-state index contributed by atoms with van der Waals surface area (Å²) in [5, 5.41) is 15.0. The number of carbonyl (C=O) groups is 2. The normalized spacial score (nSPS) is 9.58. The molecule has 0 heterocycles. The molecule has 0 fully saturated rings. The molecule has 0 unspecified atom stereocenters. The fourth-order valence-corrected chi connectivity index (χ4v) is 1.29. The quantitative estimate of drug-likeness (QED) is 0.636. The van der Waals surface area contributed by atoms with Crippen molar-refractivity contribution in [3.05, 3.63) is 33.3 Å². The number of ether oxygens (including phenoxy) is 1. The molecule has 102 valence electrons. The molecule has 2 N–H and O–H groups in total. The molecule has 0 aliphatic carbocycles. The molecule has 1 aromatic carbocycles. The van der Waals surface area contributed by atoms with E-state index in [1.807, 2.05) is 5.32 Å². The van der Waals surface area contributed by atoms with Gasteiger partial charge in [0, 0.05) is 18.1 Å². The van der Waals surface area contributed by atoms with Gasteiger partial charge in [0.05, 0.1) is 4.92 Å². The third-order valence-electron chi connectivity index (χ3n) is 1.96. The SMILES string of the molecule is CNC(=O)NC(=O)COc1ccc(Cl)cc1[N+](=O)[O-]. The van der Waals surface area contributed by atoms with Crippen molar-refractivity contribution < 1.29 is 19.2 Å². The monoisotopic (exact) mass is 287 g/mol. The number of urea groups is 1. The van der Waals surface area contributed by atoms with E-state index in [2.05, 4.69) is 5.32 Å². The van der Waals surface area contributed by atoms with Crippen LogP contribution in [0.15, 0.2) is 18.2 Å². The Kier molecular flexibility index (Phi) is 5.07. The zero-order valence-electron chi connectivity index (χ0n) is 9.81. The van der Waals surface area contributed by atoms with Crippen molar-refractivity contribution in [3.63, 3.8) is 0 Å². The number of nitro groups is 1. The van der Waals surface area contributed by atoms with E-state index < -0.39 is 23.5 Å². The van der Waals surface area contributed by atoms with Gasteiger partial charge in [0.15, 0.2) is 12.4 Å². The Labute approximate surface area is 112 Å². The van der Waals surface area contributed by atoms with Gasteiger partial charge in [0.1, 0.15) is 0 Å². The lowest BCUT2D eigenvalue weighted by molar-refractivity contribution is -0.385. The molecule has 0 radical (unpaired) electrons. The van der Waals surface area contributed by atoms with Crippen LogP contribution in [0.25, 0.3) is 0 Å². The first kappa shape index (κ1) is 14.7. The second-order valence-electron chi connectivity index (χ2n) is 3.29. The minimum absolute atomic E-state index is 0.110. The number of imide groups is 1. The molecule has 1 rings (SSSR count). The van der Waals surface area contributed by atoms with Crippen molar-refractivity contribution >= 4 is 29.2 Å². The summed E-state index contributed by atoms with van der Waals surface area (Å²) in [6.07, 6.45) is 0. The molecule has 0 aromatic heterocycles. The van der Waals surface area contributed by atoms with Gasteiger partial charge in [-0.1, -0.05) is 11.6 Å². The van der Waals surface area contributed by atoms with E-state index in [0.717, 1.165) is 6.07 Å². The molecule has 19 heavy (non-hydrogen) atoms. The number of nitro benzene ring substituents is 1. The summed E-state index contributed by atoms with van der Waals surface area (Å²) in [6, 6.07) is 3.07. The number of hydrogen-bond donors (Lipinski definition) is 2. The number of carbonyl (C=O) groups excluding carboxylic acids is 2. The van der Waals surface area contributed by atoms with Crippen LogP contribution in [-0.4, -0.2) is 30.5 Å². The third-order valence-corrected chi connectivity index (χ3v) is 2.19. The van der Waals surface area contributed by atoms with Crippen LogP contribution in [0.2, 0.25) is 5.02 Å². The summed E-state index contributed by atoms with van der Waals surface area (Å²) in [6.45, 7) is -0.532. The van der Waals surface area contributed by atoms with Crippen molar-refractivity contribution in [1.82, 2.24) is 10.6 Å². The van der Waals surface area contributed by atoms with Crippen LogP contribution in [0.3, 0.4) is 0 Å². The number of hydrogen-bond acceptors (Lipinski definition) is 5. The zero-order valence-corrected chi connectivity index (χ0v) is 10.6. The standard InChI is InChI=1S/C10H10ClN3O5/c1-12-10(16)13-9(15)5-19-8-3-2-6(11)4-7(8)14(17)18/h2-4H,5H2,1H3,(H2,12,13,15,16). The molecule has 1 aromatic rings. The van der Waals surface area contributed by atoms with Crippen molar-refractivity contribution in [2.75, 3.05) is 13.7 Å². The van der Waals surface area contributed by atoms with Crippen molar-refractivity contribution in [2.24, 2.45) is 0 Å². The lowest BCUT2D eigenvalue weighted by Crippen LogP contribution is -2.39. The molecular formula is C10H10ClN3O5. The largest absolute Gasteiger partial charge is 0.477 e. The van der Waals surface area contributed by atoms with Crippen LogP contribution in [0, 0.1) is 10.1 Å². The highest BCUT2D eigenvalue weighted by molar-refractivity contribution is 6.30. The summed E-state index contributed by atoms with van der Waals surface area (Å²) in [5.74, 6) is -0.843. The van der Waals surface area contributed by atoms with Crippen LogP contribution in [0.1, 0.15) is 0 Å². The van der Waals surface area contributed by atoms with Gasteiger partial charge in [0.2, 0.25) is 0 Å². The van der Waals surface area contributed by atoms with E-state index in [0.29, 0.717) is 0 Å². The second kappa shape index (κ2) is 6.55. The predicted molar refractivity (Wildman–Crippen MR) is 66.2 cm³/mol. The Hall–Kier alpha value is -2.35. The Morgan fingerprint density at radius 1 is 1.47 bits per heavy atom. The summed E-state index contributed by atoms with van der Waals surface area (Å²) >= 11 is 5.62. The van der Waals surface area contributed by atoms with Crippen molar-refractivity contribution in [3.8, 4) is 5.75 Å². The minimum atomic E-state index is -0.733. The lowest BCUT2D eigenvalue weighted by atomic mass is 10.3. The molecule has 0 aliphatic heterocycles. The van der Waals surface area contributed by atoms with Crippen LogP contribution in [0.5, 0.6) is 5.75 Å². The maximum atomic E-state index is 11.2. The van der Waals surface area contributed by atoms with E-state index in [-0.39, 0.29) is 16.5 Å². The van der Waals surface area contributed by atoms with Crippen LogP contribution >= 0.6 is 11.6 Å². The Morgan fingerprint density at radius 3 is 2.74 bits per heavy atom. The first-order valence-corrected chi connectivity index (χ1v) is 5.40. The molecule has 0 saturated heterocycles. The highest BCUT2D eigenvalue weighted by Gasteiger charge is 2.17. The van der Waals surface area contributed by atoms with Gasteiger partial charge < -0.3 is 10.1 Å². The smallest absolute Gasteiger partial charge is 0.321 e. The maximum Gasteiger partial charge on any atom is 0.321 e. The summed E-state index contributed by atoms with van der Waals surface area (Å²) in [7, 11) is 1.34. The Balaban J connectivity index is 2.70. The van der Waals surface area contributed by atoms with Gasteiger partial charge in [0.25, 0.3) is 5.91 Å². The number of amides is 3. The Morgan fingerprint density at radius 2 is 2.16 bits per heavy atom. The van der Waals surface area contributed by atoms with E-state index in [1.165, 1.54) is 19.2 Å². The van der Waals surface area contributed by atoms with Gasteiger partial charge >= 0.3 is 11.7 Å². The zero-order chi connectivity index (χ0) is 14.4. The number of benzene rings is 1. The first-order chi connectivity index (χ1) is 8.93.